The fraction of sp³-hybridized carbons (Fsp3) is 0.0769. The van der Waals surface area contributed by atoms with Crippen LogP contribution in [0.3, 0.4) is 0 Å². The van der Waals surface area contributed by atoms with Crippen LogP contribution >= 0.6 is 11.6 Å². The lowest BCUT2D eigenvalue weighted by atomic mass is 10.2. The lowest BCUT2D eigenvalue weighted by Crippen LogP contribution is -2.19. The zero-order chi connectivity index (χ0) is 12.8. The van der Waals surface area contributed by atoms with Gasteiger partial charge in [-0.15, -0.1) is 0 Å². The lowest BCUT2D eigenvalue weighted by molar-refractivity contribution is -0.116. The van der Waals surface area contributed by atoms with Crippen molar-refractivity contribution < 1.29 is 4.79 Å². The first-order chi connectivity index (χ1) is 8.74. The number of carbonyl (C=O) groups excluding carboxylic acids is 1. The Hall–Kier alpha value is -2.07. The molecule has 4 nitrogen and oxygen atoms in total. The molecular formula is C13H12ClN3O. The maximum absolute atomic E-state index is 11.5. The number of nitrogens with zero attached hydrogens (tertiary/aromatic N) is 1. The van der Waals surface area contributed by atoms with E-state index in [1.807, 2.05) is 12.1 Å². The number of carbonyl (C=O) groups is 1. The summed E-state index contributed by atoms with van der Waals surface area (Å²) in [4.78, 5) is 11.5. The Morgan fingerprint density at radius 1 is 1.50 bits per heavy atom. The number of hydrogen-bond acceptors (Lipinski definition) is 2. The van der Waals surface area contributed by atoms with Crippen molar-refractivity contribution in [1.82, 2.24) is 15.5 Å². The van der Waals surface area contributed by atoms with Crippen molar-refractivity contribution in [3.05, 3.63) is 58.9 Å². The highest BCUT2D eigenvalue weighted by atomic mass is 35.5. The fourth-order valence-corrected chi connectivity index (χ4v) is 1.60. The molecule has 1 aromatic carbocycles. The molecule has 0 aliphatic carbocycles. The van der Waals surface area contributed by atoms with Crippen LogP contribution in [-0.4, -0.2) is 16.1 Å². The third kappa shape index (κ3) is 3.75. The van der Waals surface area contributed by atoms with E-state index in [0.717, 1.165) is 11.1 Å². The average molecular weight is 262 g/mol. The highest BCUT2D eigenvalue weighted by molar-refractivity contribution is 6.30. The molecule has 0 saturated carbocycles. The summed E-state index contributed by atoms with van der Waals surface area (Å²) in [6.45, 7) is 0.454. The number of hydrogen-bond donors (Lipinski definition) is 2. The zero-order valence-electron chi connectivity index (χ0n) is 9.56. The van der Waals surface area contributed by atoms with E-state index in [0.29, 0.717) is 11.6 Å². The quantitative estimate of drug-likeness (QED) is 0.831. The smallest absolute Gasteiger partial charge is 0.244 e. The van der Waals surface area contributed by atoms with Gasteiger partial charge in [-0.05, 0) is 23.8 Å². The Morgan fingerprint density at radius 2 is 2.39 bits per heavy atom. The zero-order valence-corrected chi connectivity index (χ0v) is 10.3. The van der Waals surface area contributed by atoms with Gasteiger partial charge in [0.1, 0.15) is 0 Å². The van der Waals surface area contributed by atoms with Crippen LogP contribution in [0.4, 0.5) is 0 Å². The molecule has 0 radical (unpaired) electrons. The molecule has 0 saturated heterocycles. The first-order valence-corrected chi connectivity index (χ1v) is 5.81. The Morgan fingerprint density at radius 3 is 3.11 bits per heavy atom. The van der Waals surface area contributed by atoms with Gasteiger partial charge in [0.05, 0.1) is 6.20 Å². The van der Waals surface area contributed by atoms with Gasteiger partial charge in [0.15, 0.2) is 0 Å². The predicted molar refractivity (Wildman–Crippen MR) is 70.9 cm³/mol. The van der Waals surface area contributed by atoms with Crippen LogP contribution in [-0.2, 0) is 11.3 Å². The van der Waals surface area contributed by atoms with Gasteiger partial charge < -0.3 is 5.32 Å². The molecule has 18 heavy (non-hydrogen) atoms. The summed E-state index contributed by atoms with van der Waals surface area (Å²) in [5.74, 6) is -0.156. The number of rotatable bonds is 4. The van der Waals surface area contributed by atoms with E-state index >= 15 is 0 Å². The maximum atomic E-state index is 11.5. The number of aromatic amines is 1. The third-order valence-electron chi connectivity index (χ3n) is 2.30. The minimum Gasteiger partial charge on any atom is -0.348 e. The standard InChI is InChI=1S/C13H12ClN3O/c14-12-3-1-2-10(6-12)4-5-13(18)15-7-11-8-16-17-9-11/h1-6,8-9H,7H2,(H,15,18)(H,16,17)/b5-4+. The van der Waals surface area contributed by atoms with Crippen molar-refractivity contribution in [2.75, 3.05) is 0 Å². The van der Waals surface area contributed by atoms with E-state index in [1.165, 1.54) is 6.08 Å². The molecule has 0 bridgehead atoms. The largest absolute Gasteiger partial charge is 0.348 e. The molecule has 1 heterocycles. The maximum Gasteiger partial charge on any atom is 0.244 e. The second-order valence-electron chi connectivity index (χ2n) is 3.71. The van der Waals surface area contributed by atoms with Crippen molar-refractivity contribution in [3.8, 4) is 0 Å². The minimum absolute atomic E-state index is 0.156. The number of aromatic nitrogens is 2. The van der Waals surface area contributed by atoms with E-state index < -0.39 is 0 Å². The van der Waals surface area contributed by atoms with Gasteiger partial charge in [-0.1, -0.05) is 23.7 Å². The average Bonchev–Trinajstić information content (AvgIpc) is 2.87. The van der Waals surface area contributed by atoms with Crippen molar-refractivity contribution in [1.29, 1.82) is 0 Å². The molecule has 2 rings (SSSR count). The molecule has 1 amide bonds. The van der Waals surface area contributed by atoms with Crippen LogP contribution < -0.4 is 5.32 Å². The molecule has 0 spiro atoms. The van der Waals surface area contributed by atoms with Crippen LogP contribution in [0.25, 0.3) is 6.08 Å². The molecule has 0 atom stereocenters. The summed E-state index contributed by atoms with van der Waals surface area (Å²) in [5, 5.41) is 9.88. The fourth-order valence-electron chi connectivity index (χ4n) is 1.40. The second kappa shape index (κ2) is 6.02. The van der Waals surface area contributed by atoms with Gasteiger partial charge in [-0.3, -0.25) is 9.89 Å². The van der Waals surface area contributed by atoms with Gasteiger partial charge >= 0.3 is 0 Å². The Balaban J connectivity index is 1.87. The molecule has 5 heteroatoms. The van der Waals surface area contributed by atoms with Crippen LogP contribution in [0.2, 0.25) is 5.02 Å². The third-order valence-corrected chi connectivity index (χ3v) is 2.53. The topological polar surface area (TPSA) is 57.8 Å². The highest BCUT2D eigenvalue weighted by Crippen LogP contribution is 2.11. The lowest BCUT2D eigenvalue weighted by Gasteiger charge is -1.98. The van der Waals surface area contributed by atoms with Crippen LogP contribution in [0.5, 0.6) is 0 Å². The Kier molecular flexibility index (Phi) is 4.15. The number of H-pyrrole nitrogens is 1. The normalized spacial score (nSPS) is 10.7. The number of amides is 1. The minimum atomic E-state index is -0.156. The molecule has 2 N–H and O–H groups in total. The molecule has 0 aliphatic rings. The SMILES string of the molecule is O=C(/C=C/c1cccc(Cl)c1)NCc1cn[nH]c1. The predicted octanol–water partition coefficient (Wildman–Crippen LogP) is 2.39. The second-order valence-corrected chi connectivity index (χ2v) is 4.15. The van der Waals surface area contributed by atoms with Gasteiger partial charge in [-0.25, -0.2) is 0 Å². The molecule has 0 fully saturated rings. The van der Waals surface area contributed by atoms with Crippen LogP contribution in [0, 0.1) is 0 Å². The first kappa shape index (κ1) is 12.4. The van der Waals surface area contributed by atoms with E-state index in [4.69, 9.17) is 11.6 Å². The first-order valence-electron chi connectivity index (χ1n) is 5.43. The number of benzene rings is 1. The molecule has 0 unspecified atom stereocenters. The van der Waals surface area contributed by atoms with E-state index in [-0.39, 0.29) is 5.91 Å². The summed E-state index contributed by atoms with van der Waals surface area (Å²) >= 11 is 5.84. The van der Waals surface area contributed by atoms with E-state index in [9.17, 15) is 4.79 Å². The Bertz CT molecular complexity index is 549. The summed E-state index contributed by atoms with van der Waals surface area (Å²) in [5.41, 5.74) is 1.82. The molecule has 1 aromatic heterocycles. The van der Waals surface area contributed by atoms with E-state index in [2.05, 4.69) is 15.5 Å². The molecular weight excluding hydrogens is 250 g/mol. The van der Waals surface area contributed by atoms with Crippen molar-refractivity contribution >= 4 is 23.6 Å². The highest BCUT2D eigenvalue weighted by Gasteiger charge is 1.97. The van der Waals surface area contributed by atoms with Gasteiger partial charge in [-0.2, -0.15) is 5.10 Å². The van der Waals surface area contributed by atoms with Crippen LogP contribution in [0.1, 0.15) is 11.1 Å². The molecule has 2 aromatic rings. The summed E-state index contributed by atoms with van der Waals surface area (Å²) < 4.78 is 0. The number of halogens is 1. The van der Waals surface area contributed by atoms with Gasteiger partial charge in [0.2, 0.25) is 5.91 Å². The summed E-state index contributed by atoms with van der Waals surface area (Å²) in [6, 6.07) is 7.30. The van der Waals surface area contributed by atoms with Gasteiger partial charge in [0.25, 0.3) is 0 Å². The van der Waals surface area contributed by atoms with Crippen LogP contribution in [0.15, 0.2) is 42.7 Å². The molecule has 0 aliphatic heterocycles. The van der Waals surface area contributed by atoms with Gasteiger partial charge in [0, 0.05) is 29.4 Å². The van der Waals surface area contributed by atoms with Crippen molar-refractivity contribution in [2.45, 2.75) is 6.54 Å². The van der Waals surface area contributed by atoms with Crippen molar-refractivity contribution in [3.63, 3.8) is 0 Å². The molecule has 92 valence electrons. The van der Waals surface area contributed by atoms with Crippen molar-refractivity contribution in [2.24, 2.45) is 0 Å². The monoisotopic (exact) mass is 261 g/mol. The summed E-state index contributed by atoms with van der Waals surface area (Å²) in [6.07, 6.45) is 6.60. The van der Waals surface area contributed by atoms with E-state index in [1.54, 1.807) is 30.6 Å². The summed E-state index contributed by atoms with van der Waals surface area (Å²) in [7, 11) is 0. The number of nitrogens with one attached hydrogen (secondary N) is 2. The Labute approximate surface area is 110 Å².